The Morgan fingerprint density at radius 2 is 2.10 bits per heavy atom. The molecule has 6 heteroatoms. The first-order chi connectivity index (χ1) is 10.2. The van der Waals surface area contributed by atoms with Crippen LogP contribution < -0.4 is 15.4 Å². The summed E-state index contributed by atoms with van der Waals surface area (Å²) in [7, 11) is 1.38. The van der Waals surface area contributed by atoms with E-state index in [1.807, 2.05) is 24.3 Å². The van der Waals surface area contributed by atoms with Crippen molar-refractivity contribution in [2.75, 3.05) is 25.6 Å². The lowest BCUT2D eigenvalue weighted by Crippen LogP contribution is -2.29. The van der Waals surface area contributed by atoms with Crippen LogP contribution in [-0.4, -0.2) is 31.3 Å². The third kappa shape index (κ3) is 6.94. The van der Waals surface area contributed by atoms with Crippen LogP contribution in [-0.2, 0) is 9.53 Å². The van der Waals surface area contributed by atoms with Gasteiger partial charge in [-0.15, -0.1) is 0 Å². The number of ether oxygens (including phenoxy) is 2. The molecule has 0 unspecified atom stereocenters. The Morgan fingerprint density at radius 3 is 2.81 bits per heavy atom. The highest BCUT2D eigenvalue weighted by Gasteiger charge is 2.05. The number of benzene rings is 1. The van der Waals surface area contributed by atoms with Gasteiger partial charge in [0.05, 0.1) is 19.4 Å². The molecule has 0 aliphatic rings. The van der Waals surface area contributed by atoms with E-state index in [1.54, 1.807) is 0 Å². The minimum atomic E-state index is -0.214. The molecule has 1 rings (SSSR count). The Kier molecular flexibility index (Phi) is 8.19. The average Bonchev–Trinajstić information content (AvgIpc) is 2.50. The van der Waals surface area contributed by atoms with Gasteiger partial charge in [0, 0.05) is 13.0 Å². The van der Waals surface area contributed by atoms with Crippen molar-refractivity contribution in [2.24, 2.45) is 0 Å². The van der Waals surface area contributed by atoms with Crippen molar-refractivity contribution >= 4 is 29.0 Å². The lowest BCUT2D eigenvalue weighted by Gasteiger charge is -2.14. The fraction of sp³-hybridized carbons (Fsp3) is 0.467. The number of anilines is 1. The Labute approximate surface area is 131 Å². The second kappa shape index (κ2) is 9.99. The quantitative estimate of drug-likeness (QED) is 0.437. The number of hydrogen-bond donors (Lipinski definition) is 2. The van der Waals surface area contributed by atoms with Crippen molar-refractivity contribution in [3.05, 3.63) is 24.3 Å². The van der Waals surface area contributed by atoms with Crippen molar-refractivity contribution in [2.45, 2.75) is 26.2 Å². The highest BCUT2D eigenvalue weighted by atomic mass is 32.1. The lowest BCUT2D eigenvalue weighted by atomic mass is 10.3. The lowest BCUT2D eigenvalue weighted by molar-refractivity contribution is -0.140. The third-order valence-electron chi connectivity index (χ3n) is 2.67. The standard InChI is InChI=1S/C15H22N2O3S/c1-3-11-20-13-8-5-4-7-12(13)17-15(21)16-10-6-9-14(18)19-2/h4-5,7-8H,3,6,9-11H2,1-2H3,(H2,16,17,21). The summed E-state index contributed by atoms with van der Waals surface area (Å²) in [5.41, 5.74) is 0.830. The van der Waals surface area contributed by atoms with Crippen LogP contribution in [0.2, 0.25) is 0 Å². The maximum atomic E-state index is 11.0. The zero-order valence-electron chi connectivity index (χ0n) is 12.5. The monoisotopic (exact) mass is 310 g/mol. The molecule has 0 atom stereocenters. The largest absolute Gasteiger partial charge is 0.491 e. The number of esters is 1. The Bertz CT molecular complexity index is 466. The maximum Gasteiger partial charge on any atom is 0.305 e. The van der Waals surface area contributed by atoms with Gasteiger partial charge in [-0.1, -0.05) is 19.1 Å². The number of methoxy groups -OCH3 is 1. The average molecular weight is 310 g/mol. The molecule has 0 radical (unpaired) electrons. The van der Waals surface area contributed by atoms with Gasteiger partial charge in [-0.05, 0) is 37.2 Å². The second-order valence-corrected chi connectivity index (χ2v) is 4.81. The summed E-state index contributed by atoms with van der Waals surface area (Å²) in [5, 5.41) is 6.66. The molecular formula is C15H22N2O3S. The summed E-state index contributed by atoms with van der Waals surface area (Å²) in [6.07, 6.45) is 2.00. The second-order valence-electron chi connectivity index (χ2n) is 4.41. The van der Waals surface area contributed by atoms with Crippen LogP contribution in [0.4, 0.5) is 5.69 Å². The molecule has 5 nitrogen and oxygen atoms in total. The number of para-hydroxylation sites is 2. The summed E-state index contributed by atoms with van der Waals surface area (Å²) in [4.78, 5) is 11.0. The summed E-state index contributed by atoms with van der Waals surface area (Å²) in [6.45, 7) is 3.33. The van der Waals surface area contributed by atoms with Crippen LogP contribution in [0.5, 0.6) is 5.75 Å². The molecule has 0 aliphatic carbocycles. The molecule has 0 amide bonds. The molecule has 0 saturated carbocycles. The van der Waals surface area contributed by atoms with Crippen molar-refractivity contribution in [1.82, 2.24) is 5.32 Å². The van der Waals surface area contributed by atoms with E-state index in [2.05, 4.69) is 22.3 Å². The number of nitrogens with one attached hydrogen (secondary N) is 2. The number of rotatable bonds is 8. The zero-order valence-corrected chi connectivity index (χ0v) is 13.3. The van der Waals surface area contributed by atoms with E-state index >= 15 is 0 Å². The summed E-state index contributed by atoms with van der Waals surface area (Å²) >= 11 is 5.22. The van der Waals surface area contributed by atoms with E-state index in [0.717, 1.165) is 17.9 Å². The van der Waals surface area contributed by atoms with Crippen LogP contribution >= 0.6 is 12.2 Å². The number of carbonyl (C=O) groups is 1. The van der Waals surface area contributed by atoms with Crippen molar-refractivity contribution in [1.29, 1.82) is 0 Å². The van der Waals surface area contributed by atoms with Crippen LogP contribution in [0.15, 0.2) is 24.3 Å². The van der Waals surface area contributed by atoms with Gasteiger partial charge in [-0.3, -0.25) is 4.79 Å². The van der Waals surface area contributed by atoms with Crippen molar-refractivity contribution < 1.29 is 14.3 Å². The van der Waals surface area contributed by atoms with Gasteiger partial charge >= 0.3 is 5.97 Å². The molecular weight excluding hydrogens is 288 g/mol. The molecule has 0 fully saturated rings. The van der Waals surface area contributed by atoms with Crippen LogP contribution in [0.25, 0.3) is 0 Å². The fourth-order valence-electron chi connectivity index (χ4n) is 1.61. The van der Waals surface area contributed by atoms with Gasteiger partial charge in [0.25, 0.3) is 0 Å². The molecule has 0 saturated heterocycles. The van der Waals surface area contributed by atoms with Gasteiger partial charge in [0.15, 0.2) is 5.11 Å². The topological polar surface area (TPSA) is 59.6 Å². The first-order valence-corrected chi connectivity index (χ1v) is 7.41. The summed E-state index contributed by atoms with van der Waals surface area (Å²) in [6, 6.07) is 7.65. The van der Waals surface area contributed by atoms with Gasteiger partial charge in [0.2, 0.25) is 0 Å². The molecule has 0 aliphatic heterocycles. The predicted octanol–water partition coefficient (Wildman–Crippen LogP) is 2.72. The van der Waals surface area contributed by atoms with E-state index in [9.17, 15) is 4.79 Å². The molecule has 0 bridgehead atoms. The Morgan fingerprint density at radius 1 is 1.33 bits per heavy atom. The highest BCUT2D eigenvalue weighted by molar-refractivity contribution is 7.80. The van der Waals surface area contributed by atoms with Crippen LogP contribution in [0, 0.1) is 0 Å². The number of thiocarbonyl (C=S) groups is 1. The summed E-state index contributed by atoms with van der Waals surface area (Å²) < 4.78 is 10.2. The Balaban J connectivity index is 2.38. The van der Waals surface area contributed by atoms with E-state index < -0.39 is 0 Å². The number of carbonyl (C=O) groups excluding carboxylic acids is 1. The van der Waals surface area contributed by atoms with E-state index in [4.69, 9.17) is 17.0 Å². The van der Waals surface area contributed by atoms with E-state index in [-0.39, 0.29) is 5.97 Å². The molecule has 2 N–H and O–H groups in total. The fourth-order valence-corrected chi connectivity index (χ4v) is 1.82. The minimum absolute atomic E-state index is 0.214. The van der Waals surface area contributed by atoms with Gasteiger partial charge in [-0.25, -0.2) is 0 Å². The predicted molar refractivity (Wildman–Crippen MR) is 87.7 cm³/mol. The number of hydrogen-bond acceptors (Lipinski definition) is 4. The van der Waals surface area contributed by atoms with E-state index in [0.29, 0.717) is 31.1 Å². The van der Waals surface area contributed by atoms with Gasteiger partial charge in [0.1, 0.15) is 5.75 Å². The zero-order chi connectivity index (χ0) is 15.5. The van der Waals surface area contributed by atoms with E-state index in [1.165, 1.54) is 7.11 Å². The van der Waals surface area contributed by atoms with Crippen molar-refractivity contribution in [3.63, 3.8) is 0 Å². The molecule has 1 aromatic rings. The Hall–Kier alpha value is -1.82. The van der Waals surface area contributed by atoms with Gasteiger partial charge in [-0.2, -0.15) is 0 Å². The van der Waals surface area contributed by atoms with Crippen molar-refractivity contribution in [3.8, 4) is 5.75 Å². The van der Waals surface area contributed by atoms with Gasteiger partial charge < -0.3 is 20.1 Å². The molecule has 1 aromatic carbocycles. The molecule has 0 heterocycles. The molecule has 0 spiro atoms. The maximum absolute atomic E-state index is 11.0. The van der Waals surface area contributed by atoms with Crippen LogP contribution in [0.1, 0.15) is 26.2 Å². The van der Waals surface area contributed by atoms with Crippen LogP contribution in [0.3, 0.4) is 0 Å². The third-order valence-corrected chi connectivity index (χ3v) is 2.91. The smallest absolute Gasteiger partial charge is 0.305 e. The molecule has 21 heavy (non-hydrogen) atoms. The highest BCUT2D eigenvalue weighted by Crippen LogP contribution is 2.23. The first-order valence-electron chi connectivity index (χ1n) is 7.00. The molecule has 0 aromatic heterocycles. The minimum Gasteiger partial charge on any atom is -0.491 e. The normalized spacial score (nSPS) is 9.81. The summed E-state index contributed by atoms with van der Waals surface area (Å²) in [5.74, 6) is 0.562. The SMILES string of the molecule is CCCOc1ccccc1NC(=S)NCCCC(=O)OC. The first kappa shape index (κ1) is 17.2. The molecule has 116 valence electrons.